The highest BCUT2D eigenvalue weighted by molar-refractivity contribution is 7.89. The predicted molar refractivity (Wildman–Crippen MR) is 85.2 cm³/mol. The lowest BCUT2D eigenvalue weighted by Gasteiger charge is -2.13. The fourth-order valence-corrected chi connectivity index (χ4v) is 2.79. The van der Waals surface area contributed by atoms with Gasteiger partial charge in [-0.1, -0.05) is 47.5 Å². The molecule has 0 saturated carbocycles. The quantitative estimate of drug-likeness (QED) is 0.640. The summed E-state index contributed by atoms with van der Waals surface area (Å²) in [5.74, 6) is 0. The minimum Gasteiger partial charge on any atom is -0.200 e. The van der Waals surface area contributed by atoms with E-state index in [0.29, 0.717) is 10.6 Å². The van der Waals surface area contributed by atoms with Crippen molar-refractivity contribution in [2.24, 2.45) is 5.10 Å². The number of sulfonamides is 1. The summed E-state index contributed by atoms with van der Waals surface area (Å²) in [4.78, 5) is 0.201. The fraction of sp³-hybridized carbons (Fsp3) is 0.133. The Morgan fingerprint density at radius 1 is 1.10 bits per heavy atom. The molecule has 0 spiro atoms. The summed E-state index contributed by atoms with van der Waals surface area (Å²) in [5, 5.41) is 4.48. The third-order valence-electron chi connectivity index (χ3n) is 2.93. The summed E-state index contributed by atoms with van der Waals surface area (Å²) >= 11 is 6.00. The molecule has 0 aromatic heterocycles. The maximum Gasteiger partial charge on any atom is 0.278 e. The van der Waals surface area contributed by atoms with Crippen molar-refractivity contribution >= 4 is 27.8 Å². The molecule has 110 valence electrons. The normalized spacial score (nSPS) is 11.8. The maximum atomic E-state index is 12.3. The lowest BCUT2D eigenvalue weighted by Crippen LogP contribution is -2.21. The van der Waals surface area contributed by atoms with Gasteiger partial charge in [-0.15, -0.1) is 0 Å². The molecular formula is C15H15ClN2O2S. The van der Waals surface area contributed by atoms with Crippen LogP contribution in [0.2, 0.25) is 5.02 Å². The molecule has 0 bridgehead atoms. The van der Waals surface area contributed by atoms with E-state index in [4.69, 9.17) is 11.6 Å². The molecule has 2 aromatic carbocycles. The average Bonchev–Trinajstić information content (AvgIpc) is 2.46. The minimum atomic E-state index is -3.65. The van der Waals surface area contributed by atoms with Crippen LogP contribution in [0.3, 0.4) is 0 Å². The van der Waals surface area contributed by atoms with Crippen LogP contribution in [0.1, 0.15) is 11.1 Å². The zero-order valence-corrected chi connectivity index (χ0v) is 13.3. The summed E-state index contributed by atoms with van der Waals surface area (Å²) in [6.45, 7) is 1.90. The molecule has 0 aliphatic heterocycles. The second kappa shape index (κ2) is 6.28. The van der Waals surface area contributed by atoms with Gasteiger partial charge in [-0.05, 0) is 25.1 Å². The minimum absolute atomic E-state index is 0.201. The molecule has 0 radical (unpaired) electrons. The molecule has 0 unspecified atom stereocenters. The van der Waals surface area contributed by atoms with Crippen LogP contribution >= 0.6 is 11.6 Å². The molecule has 21 heavy (non-hydrogen) atoms. The molecule has 0 N–H and O–H groups in total. The number of aryl methyl sites for hydroxylation is 1. The Morgan fingerprint density at radius 3 is 2.33 bits per heavy atom. The van der Waals surface area contributed by atoms with Crippen LogP contribution in [0.4, 0.5) is 0 Å². The van der Waals surface area contributed by atoms with Crippen molar-refractivity contribution in [3.63, 3.8) is 0 Å². The van der Waals surface area contributed by atoms with Gasteiger partial charge in [0.1, 0.15) is 0 Å². The molecule has 0 aliphatic carbocycles. The van der Waals surface area contributed by atoms with Crippen LogP contribution in [0.5, 0.6) is 0 Å². The van der Waals surface area contributed by atoms with Crippen molar-refractivity contribution in [3.8, 4) is 0 Å². The van der Waals surface area contributed by atoms with Crippen LogP contribution in [0.15, 0.2) is 58.5 Å². The van der Waals surface area contributed by atoms with Crippen LogP contribution in [-0.4, -0.2) is 26.1 Å². The summed E-state index contributed by atoms with van der Waals surface area (Å²) in [5.41, 5.74) is 1.65. The van der Waals surface area contributed by atoms with Gasteiger partial charge >= 0.3 is 0 Å². The van der Waals surface area contributed by atoms with Crippen LogP contribution in [-0.2, 0) is 10.0 Å². The summed E-state index contributed by atoms with van der Waals surface area (Å²) in [7, 11) is -2.26. The second-order valence-electron chi connectivity index (χ2n) is 4.52. The predicted octanol–water partition coefficient (Wildman–Crippen LogP) is 3.30. The Kier molecular flexibility index (Phi) is 4.65. The fourth-order valence-electron chi connectivity index (χ4n) is 1.65. The highest BCUT2D eigenvalue weighted by atomic mass is 35.5. The van der Waals surface area contributed by atoms with Gasteiger partial charge in [-0.3, -0.25) is 0 Å². The van der Waals surface area contributed by atoms with E-state index in [0.717, 1.165) is 9.98 Å². The van der Waals surface area contributed by atoms with Gasteiger partial charge in [-0.25, -0.2) is 0 Å². The van der Waals surface area contributed by atoms with Crippen LogP contribution < -0.4 is 0 Å². The van der Waals surface area contributed by atoms with E-state index in [1.807, 2.05) is 13.0 Å². The number of benzene rings is 2. The molecule has 0 saturated heterocycles. The zero-order valence-electron chi connectivity index (χ0n) is 11.7. The van der Waals surface area contributed by atoms with Crippen molar-refractivity contribution in [1.29, 1.82) is 0 Å². The van der Waals surface area contributed by atoms with Gasteiger partial charge in [0.05, 0.1) is 11.1 Å². The van der Waals surface area contributed by atoms with Crippen molar-refractivity contribution < 1.29 is 8.42 Å². The highest BCUT2D eigenvalue weighted by Gasteiger charge is 2.18. The Bertz CT molecular complexity index is 755. The number of nitrogens with zero attached hydrogens (tertiary/aromatic N) is 2. The first kappa shape index (κ1) is 15.5. The first-order valence-corrected chi connectivity index (χ1v) is 8.07. The number of hydrogen-bond donors (Lipinski definition) is 0. The van der Waals surface area contributed by atoms with Crippen LogP contribution in [0.25, 0.3) is 0 Å². The van der Waals surface area contributed by atoms with E-state index < -0.39 is 10.0 Å². The first-order valence-electron chi connectivity index (χ1n) is 6.25. The SMILES string of the molecule is Cc1ccc(S(=O)(=O)N(C)/N=C\c2ccccc2Cl)cc1. The van der Waals surface area contributed by atoms with Gasteiger partial charge in [0.2, 0.25) is 0 Å². The largest absolute Gasteiger partial charge is 0.278 e. The van der Waals surface area contributed by atoms with Gasteiger partial charge in [0.15, 0.2) is 0 Å². The standard InChI is InChI=1S/C15H15ClN2O2S/c1-12-7-9-14(10-8-12)21(19,20)18(2)17-11-13-5-3-4-6-15(13)16/h3-11H,1-2H3/b17-11-. The molecule has 6 heteroatoms. The second-order valence-corrected chi connectivity index (χ2v) is 6.88. The Balaban J connectivity index is 2.25. The monoisotopic (exact) mass is 322 g/mol. The lowest BCUT2D eigenvalue weighted by atomic mass is 10.2. The average molecular weight is 323 g/mol. The number of rotatable bonds is 4. The Hall–Kier alpha value is -1.85. The van der Waals surface area contributed by atoms with Crippen molar-refractivity contribution in [1.82, 2.24) is 4.41 Å². The van der Waals surface area contributed by atoms with Gasteiger partial charge in [0.25, 0.3) is 10.0 Å². The Labute approximate surface area is 129 Å². The van der Waals surface area contributed by atoms with E-state index in [9.17, 15) is 8.42 Å². The molecule has 2 aromatic rings. The topological polar surface area (TPSA) is 49.7 Å². The smallest absolute Gasteiger partial charge is 0.200 e. The van der Waals surface area contributed by atoms with Gasteiger partial charge in [-0.2, -0.15) is 17.9 Å². The van der Waals surface area contributed by atoms with E-state index in [1.165, 1.54) is 13.3 Å². The molecule has 0 atom stereocenters. The first-order chi connectivity index (χ1) is 9.91. The van der Waals surface area contributed by atoms with Crippen molar-refractivity contribution in [3.05, 3.63) is 64.7 Å². The maximum absolute atomic E-state index is 12.3. The molecule has 4 nitrogen and oxygen atoms in total. The van der Waals surface area contributed by atoms with Crippen LogP contribution in [0, 0.1) is 6.92 Å². The summed E-state index contributed by atoms with van der Waals surface area (Å²) < 4.78 is 25.6. The van der Waals surface area contributed by atoms with E-state index in [2.05, 4.69) is 5.10 Å². The van der Waals surface area contributed by atoms with Crippen molar-refractivity contribution in [2.45, 2.75) is 11.8 Å². The molecular weight excluding hydrogens is 308 g/mol. The lowest BCUT2D eigenvalue weighted by molar-refractivity contribution is 0.491. The molecule has 0 heterocycles. The zero-order chi connectivity index (χ0) is 15.5. The third kappa shape index (κ3) is 3.62. The molecule has 0 amide bonds. The summed E-state index contributed by atoms with van der Waals surface area (Å²) in [6, 6.07) is 13.7. The van der Waals surface area contributed by atoms with Crippen molar-refractivity contribution in [2.75, 3.05) is 7.05 Å². The Morgan fingerprint density at radius 2 is 1.71 bits per heavy atom. The number of hydrogen-bond acceptors (Lipinski definition) is 3. The molecule has 0 fully saturated rings. The summed E-state index contributed by atoms with van der Waals surface area (Å²) in [6.07, 6.45) is 1.42. The number of halogens is 1. The third-order valence-corrected chi connectivity index (χ3v) is 4.93. The molecule has 0 aliphatic rings. The van der Waals surface area contributed by atoms with Gasteiger partial charge < -0.3 is 0 Å². The van der Waals surface area contributed by atoms with E-state index in [1.54, 1.807) is 42.5 Å². The van der Waals surface area contributed by atoms with Gasteiger partial charge in [0, 0.05) is 17.6 Å². The highest BCUT2D eigenvalue weighted by Crippen LogP contribution is 2.16. The van der Waals surface area contributed by atoms with E-state index in [-0.39, 0.29) is 4.90 Å². The van der Waals surface area contributed by atoms with E-state index >= 15 is 0 Å². The molecule has 2 rings (SSSR count). The number of hydrazone groups is 1.